The molecule has 2 N–H and O–H groups in total. The number of benzene rings is 3. The van der Waals surface area contributed by atoms with Gasteiger partial charge < -0.3 is 5.73 Å². The second kappa shape index (κ2) is 10.3. The summed E-state index contributed by atoms with van der Waals surface area (Å²) in [6.45, 7) is 0. The van der Waals surface area contributed by atoms with Gasteiger partial charge in [0.1, 0.15) is 10.6 Å². The maximum absolute atomic E-state index is 6.61. The predicted molar refractivity (Wildman–Crippen MR) is 157 cm³/mol. The molecule has 0 radical (unpaired) electrons. The van der Waals surface area contributed by atoms with Crippen LogP contribution in [0.15, 0.2) is 84.0 Å². The Labute approximate surface area is 232 Å². The van der Waals surface area contributed by atoms with Gasteiger partial charge in [-0.15, -0.1) is 23.1 Å². The van der Waals surface area contributed by atoms with Crippen molar-refractivity contribution >= 4 is 74.1 Å². The first-order valence-electron chi connectivity index (χ1n) is 11.5. The highest BCUT2D eigenvalue weighted by molar-refractivity contribution is 8.00. The molecule has 5 aromatic rings. The topological polar surface area (TPSA) is 51.8 Å². The summed E-state index contributed by atoms with van der Waals surface area (Å²) in [4.78, 5) is 11.9. The fourth-order valence-corrected chi connectivity index (χ4v) is 9.22. The van der Waals surface area contributed by atoms with Crippen molar-refractivity contribution in [2.45, 2.75) is 27.8 Å². The molecule has 0 amide bonds. The van der Waals surface area contributed by atoms with Gasteiger partial charge in [-0.25, -0.2) is 9.97 Å². The van der Waals surface area contributed by atoms with E-state index in [-0.39, 0.29) is 5.25 Å². The number of aromatic nitrogens is 2. The third kappa shape index (κ3) is 4.61. The van der Waals surface area contributed by atoms with E-state index in [0.717, 1.165) is 22.2 Å². The van der Waals surface area contributed by atoms with Crippen LogP contribution < -0.4 is 5.73 Å². The molecule has 2 aromatic heterocycles. The van der Waals surface area contributed by atoms with Gasteiger partial charge in [-0.05, 0) is 40.8 Å². The molecule has 180 valence electrons. The lowest BCUT2D eigenvalue weighted by Crippen LogP contribution is -2.12. The zero-order valence-electron chi connectivity index (χ0n) is 19.0. The Morgan fingerprint density at radius 1 is 0.861 bits per heavy atom. The average molecular weight is 567 g/mol. The number of anilines is 1. The molecular weight excluding hydrogens is 545 g/mol. The SMILES string of the molecule is Nc1nc(SCc2c(Cl)cccc2Cl)nc2sc3c(c12)C[C@H](c1ccccc1)S[C@H]3c1ccccc1. The standard InChI is InChI=1S/C28H21Cl2N3S3/c29-20-12-7-13-21(30)19(20)15-34-28-32-26(31)23-18-14-22(16-8-3-1-4-9-16)35-24(17-10-5-2-6-11-17)25(18)36-27(23)33-28/h1-13,22,24H,14-15H2,(H2,31,32,33)/t22-,24+/m1/s1. The first-order valence-corrected chi connectivity index (χ1v) is 15.0. The van der Waals surface area contributed by atoms with Gasteiger partial charge in [0.05, 0.1) is 10.6 Å². The molecule has 3 heterocycles. The monoisotopic (exact) mass is 565 g/mol. The summed E-state index contributed by atoms with van der Waals surface area (Å²) in [5, 5.41) is 3.47. The lowest BCUT2D eigenvalue weighted by molar-refractivity contribution is 0.893. The van der Waals surface area contributed by atoms with Crippen LogP contribution in [0, 0.1) is 0 Å². The molecule has 6 rings (SSSR count). The molecule has 0 fully saturated rings. The minimum atomic E-state index is 0.219. The van der Waals surface area contributed by atoms with E-state index in [4.69, 9.17) is 38.9 Å². The zero-order valence-corrected chi connectivity index (χ0v) is 23.0. The molecule has 0 saturated heterocycles. The molecule has 0 saturated carbocycles. The number of nitrogens with two attached hydrogens (primary N) is 1. The summed E-state index contributed by atoms with van der Waals surface area (Å²) in [6.07, 6.45) is 0.905. The second-order valence-electron chi connectivity index (χ2n) is 8.54. The van der Waals surface area contributed by atoms with Crippen molar-refractivity contribution in [2.24, 2.45) is 0 Å². The summed E-state index contributed by atoms with van der Waals surface area (Å²) in [5.74, 6) is 1.11. The Morgan fingerprint density at radius 3 is 2.22 bits per heavy atom. The minimum Gasteiger partial charge on any atom is -0.383 e. The molecule has 3 nitrogen and oxygen atoms in total. The van der Waals surface area contributed by atoms with Gasteiger partial charge in [0.15, 0.2) is 5.16 Å². The van der Waals surface area contributed by atoms with Crippen LogP contribution in [0.1, 0.15) is 37.6 Å². The Kier molecular flexibility index (Phi) is 6.88. The molecular formula is C28H21Cl2N3S3. The summed E-state index contributed by atoms with van der Waals surface area (Å²) in [6, 6.07) is 27.0. The van der Waals surface area contributed by atoms with Gasteiger partial charge in [0.2, 0.25) is 0 Å². The highest BCUT2D eigenvalue weighted by atomic mass is 35.5. The number of hydrogen-bond donors (Lipinski definition) is 1. The molecule has 1 aliphatic heterocycles. The third-order valence-electron chi connectivity index (χ3n) is 6.30. The van der Waals surface area contributed by atoms with Crippen LogP contribution in [0.25, 0.3) is 10.2 Å². The fraction of sp³-hybridized carbons (Fsp3) is 0.143. The molecule has 1 aliphatic rings. The minimum absolute atomic E-state index is 0.219. The van der Waals surface area contributed by atoms with Crippen LogP contribution in [-0.4, -0.2) is 9.97 Å². The number of nitrogens with zero attached hydrogens (tertiary/aromatic N) is 2. The number of fused-ring (bicyclic) bond motifs is 3. The predicted octanol–water partition coefficient (Wildman–Crippen LogP) is 8.99. The van der Waals surface area contributed by atoms with Crippen molar-refractivity contribution < 1.29 is 0 Å². The quantitative estimate of drug-likeness (QED) is 0.170. The highest BCUT2D eigenvalue weighted by Crippen LogP contribution is 2.56. The second-order valence-corrected chi connectivity index (χ2v) is 12.6. The first-order chi connectivity index (χ1) is 17.6. The summed E-state index contributed by atoms with van der Waals surface area (Å²) >= 11 is 18.0. The van der Waals surface area contributed by atoms with Gasteiger partial charge in [-0.1, -0.05) is 102 Å². The number of halogens is 2. The molecule has 36 heavy (non-hydrogen) atoms. The van der Waals surface area contributed by atoms with Crippen molar-refractivity contribution in [3.8, 4) is 0 Å². The van der Waals surface area contributed by atoms with Gasteiger partial charge in [0.25, 0.3) is 0 Å². The van der Waals surface area contributed by atoms with Crippen LogP contribution in [0.3, 0.4) is 0 Å². The maximum atomic E-state index is 6.61. The van der Waals surface area contributed by atoms with E-state index in [1.54, 1.807) is 11.3 Å². The van der Waals surface area contributed by atoms with E-state index in [1.165, 1.54) is 33.3 Å². The summed E-state index contributed by atoms with van der Waals surface area (Å²) in [7, 11) is 0. The fourth-order valence-electron chi connectivity index (χ4n) is 4.55. The number of thioether (sulfide) groups is 2. The molecule has 0 unspecified atom stereocenters. The van der Waals surface area contributed by atoms with E-state index in [9.17, 15) is 0 Å². The van der Waals surface area contributed by atoms with Crippen LogP contribution in [-0.2, 0) is 12.2 Å². The van der Waals surface area contributed by atoms with Crippen molar-refractivity contribution in [3.05, 3.63) is 116 Å². The lowest BCUT2D eigenvalue weighted by Gasteiger charge is -2.30. The number of thiophene rings is 1. The average Bonchev–Trinajstić information content (AvgIpc) is 3.28. The van der Waals surface area contributed by atoms with Crippen LogP contribution in [0.2, 0.25) is 10.0 Å². The molecule has 0 aliphatic carbocycles. The lowest BCUT2D eigenvalue weighted by atomic mass is 9.98. The molecule has 0 spiro atoms. The Balaban J connectivity index is 1.41. The molecule has 8 heteroatoms. The molecule has 3 aromatic carbocycles. The molecule has 2 atom stereocenters. The van der Waals surface area contributed by atoms with Crippen LogP contribution >= 0.6 is 58.1 Å². The smallest absolute Gasteiger partial charge is 0.191 e. The van der Waals surface area contributed by atoms with Gasteiger partial charge in [0, 0.05) is 25.9 Å². The Hall–Kier alpha value is -2.22. The summed E-state index contributed by atoms with van der Waals surface area (Å²) < 4.78 is 0. The van der Waals surface area contributed by atoms with Crippen molar-refractivity contribution in [2.75, 3.05) is 5.73 Å². The number of nitrogen functional groups attached to an aromatic ring is 1. The van der Waals surface area contributed by atoms with E-state index < -0.39 is 0 Å². The van der Waals surface area contributed by atoms with E-state index in [0.29, 0.717) is 32.0 Å². The van der Waals surface area contributed by atoms with Gasteiger partial charge in [-0.2, -0.15) is 0 Å². The Morgan fingerprint density at radius 2 is 1.53 bits per heavy atom. The van der Waals surface area contributed by atoms with E-state index in [1.807, 2.05) is 30.0 Å². The zero-order chi connectivity index (χ0) is 24.6. The summed E-state index contributed by atoms with van der Waals surface area (Å²) in [5.41, 5.74) is 11.4. The van der Waals surface area contributed by atoms with Crippen molar-refractivity contribution in [3.63, 3.8) is 0 Å². The first kappa shape index (κ1) is 24.1. The van der Waals surface area contributed by atoms with Gasteiger partial charge >= 0.3 is 0 Å². The van der Waals surface area contributed by atoms with Crippen LogP contribution in [0.4, 0.5) is 5.82 Å². The van der Waals surface area contributed by atoms with Crippen molar-refractivity contribution in [1.82, 2.24) is 9.97 Å². The van der Waals surface area contributed by atoms with E-state index >= 15 is 0 Å². The van der Waals surface area contributed by atoms with E-state index in [2.05, 4.69) is 60.7 Å². The highest BCUT2D eigenvalue weighted by Gasteiger charge is 2.34. The number of rotatable bonds is 5. The van der Waals surface area contributed by atoms with Gasteiger partial charge in [-0.3, -0.25) is 0 Å². The Bertz CT molecular complexity index is 1520. The van der Waals surface area contributed by atoms with Crippen molar-refractivity contribution in [1.29, 1.82) is 0 Å². The number of hydrogen-bond acceptors (Lipinski definition) is 6. The third-order valence-corrected chi connectivity index (χ3v) is 10.8. The maximum Gasteiger partial charge on any atom is 0.191 e. The van der Waals surface area contributed by atoms with Crippen LogP contribution in [0.5, 0.6) is 0 Å². The normalized spacial score (nSPS) is 17.3. The largest absolute Gasteiger partial charge is 0.383 e. The molecule has 0 bridgehead atoms.